The lowest BCUT2D eigenvalue weighted by molar-refractivity contribution is 0.102. The molecule has 1 saturated heterocycles. The van der Waals surface area contributed by atoms with Crippen LogP contribution in [0.15, 0.2) is 47.4 Å². The summed E-state index contributed by atoms with van der Waals surface area (Å²) >= 11 is 0. The summed E-state index contributed by atoms with van der Waals surface area (Å²) in [6.45, 7) is 0.951. The Morgan fingerprint density at radius 2 is 1.64 bits per heavy atom. The van der Waals surface area contributed by atoms with Crippen molar-refractivity contribution in [3.8, 4) is 11.5 Å². The highest BCUT2D eigenvalue weighted by Crippen LogP contribution is 2.30. The van der Waals surface area contributed by atoms with Gasteiger partial charge in [-0.25, -0.2) is 8.42 Å². The number of para-hydroxylation sites is 2. The van der Waals surface area contributed by atoms with E-state index < -0.39 is 15.9 Å². The minimum Gasteiger partial charge on any atom is -0.495 e. The van der Waals surface area contributed by atoms with E-state index in [2.05, 4.69) is 5.32 Å². The van der Waals surface area contributed by atoms with Crippen LogP contribution in [0.25, 0.3) is 0 Å². The maximum Gasteiger partial charge on any atom is 0.255 e. The van der Waals surface area contributed by atoms with Crippen molar-refractivity contribution in [3.05, 3.63) is 48.0 Å². The Labute approximate surface area is 165 Å². The molecule has 0 aliphatic carbocycles. The molecule has 0 aromatic heterocycles. The summed E-state index contributed by atoms with van der Waals surface area (Å²) in [6, 6.07) is 11.4. The zero-order valence-electron chi connectivity index (χ0n) is 16.0. The highest BCUT2D eigenvalue weighted by atomic mass is 32.2. The van der Waals surface area contributed by atoms with Crippen molar-refractivity contribution in [3.63, 3.8) is 0 Å². The van der Waals surface area contributed by atoms with Gasteiger partial charge in [0.2, 0.25) is 10.0 Å². The second-order valence-electron chi connectivity index (χ2n) is 6.48. The molecule has 0 bridgehead atoms. The minimum atomic E-state index is -3.74. The molecule has 150 valence electrons. The number of sulfonamides is 1. The second kappa shape index (κ2) is 8.62. The topological polar surface area (TPSA) is 84.9 Å². The first kappa shape index (κ1) is 20.2. The molecule has 0 atom stereocenters. The molecule has 0 unspecified atom stereocenters. The van der Waals surface area contributed by atoms with Gasteiger partial charge in [-0.05, 0) is 43.2 Å². The molecule has 1 aliphatic heterocycles. The van der Waals surface area contributed by atoms with E-state index >= 15 is 0 Å². The molecule has 3 rings (SSSR count). The number of anilines is 1. The van der Waals surface area contributed by atoms with Crippen LogP contribution in [-0.4, -0.2) is 45.9 Å². The average molecular weight is 404 g/mol. The Bertz CT molecular complexity index is 953. The Kier molecular flexibility index (Phi) is 6.21. The lowest BCUT2D eigenvalue weighted by Crippen LogP contribution is -2.35. The third-order valence-electron chi connectivity index (χ3n) is 4.71. The van der Waals surface area contributed by atoms with Gasteiger partial charge in [0.15, 0.2) is 0 Å². The summed E-state index contributed by atoms with van der Waals surface area (Å²) in [5.74, 6) is 0.312. The van der Waals surface area contributed by atoms with Crippen molar-refractivity contribution in [1.29, 1.82) is 0 Å². The number of methoxy groups -OCH3 is 2. The van der Waals surface area contributed by atoms with Crippen LogP contribution in [0.3, 0.4) is 0 Å². The third-order valence-corrected chi connectivity index (χ3v) is 6.63. The molecule has 2 aromatic carbocycles. The monoisotopic (exact) mass is 404 g/mol. The van der Waals surface area contributed by atoms with Gasteiger partial charge in [0, 0.05) is 18.7 Å². The molecule has 1 aliphatic rings. The number of hydrogen-bond acceptors (Lipinski definition) is 5. The number of ether oxygens (including phenoxy) is 2. The van der Waals surface area contributed by atoms with Crippen LogP contribution in [0.2, 0.25) is 0 Å². The van der Waals surface area contributed by atoms with Gasteiger partial charge < -0.3 is 14.8 Å². The van der Waals surface area contributed by atoms with Gasteiger partial charge >= 0.3 is 0 Å². The molecule has 28 heavy (non-hydrogen) atoms. The number of carbonyl (C=O) groups excluding carboxylic acids is 1. The zero-order chi connectivity index (χ0) is 20.1. The smallest absolute Gasteiger partial charge is 0.255 e. The van der Waals surface area contributed by atoms with Crippen LogP contribution >= 0.6 is 0 Å². The number of benzene rings is 2. The summed E-state index contributed by atoms with van der Waals surface area (Å²) < 4.78 is 38.1. The first-order chi connectivity index (χ1) is 13.5. The SMILES string of the molecule is COc1ccccc1NC(=O)c1ccc(OC)c(S(=O)(=O)N2CCCCC2)c1. The Hall–Kier alpha value is -2.58. The summed E-state index contributed by atoms with van der Waals surface area (Å²) in [5.41, 5.74) is 0.730. The summed E-state index contributed by atoms with van der Waals surface area (Å²) in [6.07, 6.45) is 2.68. The second-order valence-corrected chi connectivity index (χ2v) is 8.39. The summed E-state index contributed by atoms with van der Waals surface area (Å²) in [5, 5.41) is 2.76. The fraction of sp³-hybridized carbons (Fsp3) is 0.350. The largest absolute Gasteiger partial charge is 0.495 e. The van der Waals surface area contributed by atoms with Crippen LogP contribution in [0.5, 0.6) is 11.5 Å². The van der Waals surface area contributed by atoms with Crippen LogP contribution in [0.4, 0.5) is 5.69 Å². The quantitative estimate of drug-likeness (QED) is 0.800. The van der Waals surface area contributed by atoms with Gasteiger partial charge in [0.25, 0.3) is 5.91 Å². The molecule has 7 nitrogen and oxygen atoms in total. The van der Waals surface area contributed by atoms with E-state index in [4.69, 9.17) is 9.47 Å². The number of nitrogens with one attached hydrogen (secondary N) is 1. The van der Waals surface area contributed by atoms with E-state index in [1.807, 2.05) is 0 Å². The van der Waals surface area contributed by atoms with E-state index in [0.29, 0.717) is 24.5 Å². The van der Waals surface area contributed by atoms with Gasteiger partial charge in [-0.3, -0.25) is 4.79 Å². The van der Waals surface area contributed by atoms with Crippen LogP contribution in [0.1, 0.15) is 29.6 Å². The molecule has 1 fully saturated rings. The molecular weight excluding hydrogens is 380 g/mol. The van der Waals surface area contributed by atoms with E-state index in [9.17, 15) is 13.2 Å². The predicted octanol–water partition coefficient (Wildman–Crippen LogP) is 3.13. The minimum absolute atomic E-state index is 0.00424. The Balaban J connectivity index is 1.93. The highest BCUT2D eigenvalue weighted by Gasteiger charge is 2.29. The number of hydrogen-bond donors (Lipinski definition) is 1. The molecule has 8 heteroatoms. The van der Waals surface area contributed by atoms with Crippen LogP contribution in [-0.2, 0) is 10.0 Å². The molecule has 0 spiro atoms. The fourth-order valence-corrected chi connectivity index (χ4v) is 4.90. The lowest BCUT2D eigenvalue weighted by atomic mass is 10.2. The molecule has 0 saturated carbocycles. The summed E-state index contributed by atoms with van der Waals surface area (Å²) in [4.78, 5) is 12.7. The Morgan fingerprint density at radius 1 is 0.964 bits per heavy atom. The van der Waals surface area contributed by atoms with Gasteiger partial charge in [-0.2, -0.15) is 4.31 Å². The highest BCUT2D eigenvalue weighted by molar-refractivity contribution is 7.89. The van der Waals surface area contributed by atoms with Gasteiger partial charge in [0.1, 0.15) is 16.4 Å². The van der Waals surface area contributed by atoms with Crippen LogP contribution in [0, 0.1) is 0 Å². The van der Waals surface area contributed by atoms with E-state index in [-0.39, 0.29) is 16.2 Å². The van der Waals surface area contributed by atoms with Crippen molar-refractivity contribution < 1.29 is 22.7 Å². The molecule has 1 heterocycles. The van der Waals surface area contributed by atoms with Gasteiger partial charge in [0.05, 0.1) is 19.9 Å². The number of rotatable bonds is 6. The number of carbonyl (C=O) groups is 1. The number of amides is 1. The maximum atomic E-state index is 13.1. The maximum absolute atomic E-state index is 13.1. The van der Waals surface area contributed by atoms with Crippen molar-refractivity contribution in [2.75, 3.05) is 32.6 Å². The van der Waals surface area contributed by atoms with E-state index in [0.717, 1.165) is 19.3 Å². The lowest BCUT2D eigenvalue weighted by Gasteiger charge is -2.26. The van der Waals surface area contributed by atoms with Crippen LogP contribution < -0.4 is 14.8 Å². The van der Waals surface area contributed by atoms with Crippen molar-refractivity contribution >= 4 is 21.6 Å². The molecule has 1 amide bonds. The van der Waals surface area contributed by atoms with Crippen molar-refractivity contribution in [2.45, 2.75) is 24.2 Å². The predicted molar refractivity (Wildman–Crippen MR) is 107 cm³/mol. The summed E-state index contributed by atoms with van der Waals surface area (Å²) in [7, 11) is -0.811. The first-order valence-corrected chi connectivity index (χ1v) is 10.5. The van der Waals surface area contributed by atoms with E-state index in [1.54, 1.807) is 30.3 Å². The molecular formula is C20H24N2O5S. The first-order valence-electron chi connectivity index (χ1n) is 9.10. The van der Waals surface area contributed by atoms with Gasteiger partial charge in [-0.1, -0.05) is 18.6 Å². The number of nitrogens with zero attached hydrogens (tertiary/aromatic N) is 1. The van der Waals surface area contributed by atoms with Gasteiger partial charge in [-0.15, -0.1) is 0 Å². The number of piperidine rings is 1. The average Bonchev–Trinajstić information content (AvgIpc) is 2.74. The molecule has 1 N–H and O–H groups in total. The Morgan fingerprint density at radius 3 is 2.32 bits per heavy atom. The zero-order valence-corrected chi connectivity index (χ0v) is 16.8. The standard InChI is InChI=1S/C20H24N2O5S/c1-26-17-9-5-4-8-16(17)21-20(23)15-10-11-18(27-2)19(14-15)28(24,25)22-12-6-3-7-13-22/h4-5,8-11,14H,3,6-7,12-13H2,1-2H3,(H,21,23). The molecule has 0 radical (unpaired) electrons. The van der Waals surface area contributed by atoms with Crippen molar-refractivity contribution in [1.82, 2.24) is 4.31 Å². The normalized spacial score (nSPS) is 15.1. The third kappa shape index (κ3) is 4.13. The fourth-order valence-electron chi connectivity index (χ4n) is 3.21. The van der Waals surface area contributed by atoms with Crippen molar-refractivity contribution in [2.24, 2.45) is 0 Å². The van der Waals surface area contributed by atoms with E-state index in [1.165, 1.54) is 30.7 Å². The molecule has 2 aromatic rings.